The molecule has 3 aromatic heterocycles. The lowest BCUT2D eigenvalue weighted by molar-refractivity contribution is -0.141. The van der Waals surface area contributed by atoms with E-state index in [1.807, 2.05) is 25.0 Å². The van der Waals surface area contributed by atoms with Crippen molar-refractivity contribution in [2.24, 2.45) is 5.92 Å². The van der Waals surface area contributed by atoms with Gasteiger partial charge < -0.3 is 10.2 Å². The molecule has 1 aliphatic rings. The van der Waals surface area contributed by atoms with Crippen LogP contribution in [-0.2, 0) is 12.6 Å². The van der Waals surface area contributed by atoms with E-state index in [2.05, 4.69) is 25.4 Å². The fraction of sp³-hybridized carbons (Fsp3) is 0.450. The van der Waals surface area contributed by atoms with Crippen LogP contribution in [0.2, 0.25) is 0 Å². The molecule has 1 amide bonds. The highest BCUT2D eigenvalue weighted by molar-refractivity contribution is 7.15. The van der Waals surface area contributed by atoms with Crippen molar-refractivity contribution in [1.82, 2.24) is 30.0 Å². The summed E-state index contributed by atoms with van der Waals surface area (Å²) in [4.78, 5) is 28.4. The zero-order valence-electron chi connectivity index (χ0n) is 17.5. The summed E-state index contributed by atoms with van der Waals surface area (Å²) < 4.78 is 38.2. The molecule has 0 unspecified atom stereocenters. The molecule has 0 aromatic carbocycles. The van der Waals surface area contributed by atoms with Crippen molar-refractivity contribution in [3.63, 3.8) is 0 Å². The largest absolute Gasteiger partial charge is 0.432 e. The molecular formula is C20H22F3N7OS. The molecule has 0 bridgehead atoms. The van der Waals surface area contributed by atoms with Gasteiger partial charge in [0.1, 0.15) is 17.3 Å². The number of amides is 1. The van der Waals surface area contributed by atoms with E-state index < -0.39 is 17.8 Å². The van der Waals surface area contributed by atoms with Gasteiger partial charge in [-0.25, -0.2) is 15.0 Å². The van der Waals surface area contributed by atoms with Gasteiger partial charge in [0.2, 0.25) is 0 Å². The zero-order valence-corrected chi connectivity index (χ0v) is 18.3. The Kier molecular flexibility index (Phi) is 6.13. The molecule has 0 saturated carbocycles. The predicted octanol–water partition coefficient (Wildman–Crippen LogP) is 4.13. The Morgan fingerprint density at radius 2 is 2.00 bits per heavy atom. The Morgan fingerprint density at radius 3 is 2.62 bits per heavy atom. The molecule has 1 saturated heterocycles. The highest BCUT2D eigenvalue weighted by Crippen LogP contribution is 2.29. The fourth-order valence-corrected chi connectivity index (χ4v) is 4.37. The van der Waals surface area contributed by atoms with Crippen molar-refractivity contribution in [2.45, 2.75) is 39.3 Å². The van der Waals surface area contributed by atoms with Crippen LogP contribution in [0.25, 0.3) is 0 Å². The number of likely N-dealkylation sites (tertiary alicyclic amines) is 1. The summed E-state index contributed by atoms with van der Waals surface area (Å²) in [6.45, 7) is 4.75. The number of aromatic amines is 1. The van der Waals surface area contributed by atoms with Crippen LogP contribution in [0.1, 0.15) is 45.4 Å². The van der Waals surface area contributed by atoms with E-state index in [0.29, 0.717) is 30.6 Å². The number of halogens is 3. The first-order valence-corrected chi connectivity index (χ1v) is 10.9. The first kappa shape index (κ1) is 22.2. The van der Waals surface area contributed by atoms with E-state index in [4.69, 9.17) is 0 Å². The van der Waals surface area contributed by atoms with E-state index in [1.54, 1.807) is 22.4 Å². The Labute approximate surface area is 186 Å². The van der Waals surface area contributed by atoms with Gasteiger partial charge in [-0.05, 0) is 39.0 Å². The number of rotatable bonds is 5. The van der Waals surface area contributed by atoms with Gasteiger partial charge in [-0.1, -0.05) is 0 Å². The van der Waals surface area contributed by atoms with Crippen LogP contribution >= 0.6 is 11.3 Å². The predicted molar refractivity (Wildman–Crippen MR) is 113 cm³/mol. The minimum atomic E-state index is -4.56. The second-order valence-electron chi connectivity index (χ2n) is 7.80. The quantitative estimate of drug-likeness (QED) is 0.588. The number of piperidine rings is 1. The molecule has 170 valence electrons. The zero-order chi connectivity index (χ0) is 22.9. The van der Waals surface area contributed by atoms with Gasteiger partial charge in [-0.3, -0.25) is 9.89 Å². The third-order valence-electron chi connectivity index (χ3n) is 5.25. The number of nitrogens with one attached hydrogen (secondary N) is 2. The van der Waals surface area contributed by atoms with Gasteiger partial charge in [0.05, 0.1) is 0 Å². The molecule has 1 fully saturated rings. The first-order chi connectivity index (χ1) is 15.2. The number of alkyl halides is 3. The summed E-state index contributed by atoms with van der Waals surface area (Å²) in [6.07, 6.45) is -0.554. The number of carbonyl (C=O) groups is 1. The molecule has 4 heterocycles. The SMILES string of the molecule is Cc1nc(CC2CCN(C(=O)c3cc(C(F)(F)F)[nH]n3)CC2)cc(Nc2ncc(C)s2)n1. The van der Waals surface area contributed by atoms with Gasteiger partial charge in [0.15, 0.2) is 10.8 Å². The Bertz CT molecular complexity index is 1100. The third kappa shape index (κ3) is 5.23. The van der Waals surface area contributed by atoms with Crippen LogP contribution in [0.15, 0.2) is 18.3 Å². The number of aryl methyl sites for hydroxylation is 2. The smallest absolute Gasteiger partial charge is 0.337 e. The maximum absolute atomic E-state index is 12.7. The first-order valence-electron chi connectivity index (χ1n) is 10.1. The normalized spacial score (nSPS) is 15.2. The molecule has 3 aromatic rings. The molecule has 8 nitrogen and oxygen atoms in total. The topological polar surface area (TPSA) is 99.7 Å². The lowest BCUT2D eigenvalue weighted by Gasteiger charge is -2.31. The summed E-state index contributed by atoms with van der Waals surface area (Å²) in [5.74, 6) is 1.17. The number of carbonyl (C=O) groups excluding carboxylic acids is 1. The molecule has 12 heteroatoms. The van der Waals surface area contributed by atoms with E-state index >= 15 is 0 Å². The monoisotopic (exact) mass is 465 g/mol. The minimum absolute atomic E-state index is 0.213. The molecule has 0 atom stereocenters. The number of hydrogen-bond acceptors (Lipinski definition) is 7. The Hall–Kier alpha value is -3.02. The number of nitrogens with zero attached hydrogens (tertiary/aromatic N) is 5. The highest BCUT2D eigenvalue weighted by atomic mass is 32.1. The highest BCUT2D eigenvalue weighted by Gasteiger charge is 2.35. The van der Waals surface area contributed by atoms with E-state index in [1.165, 1.54) is 0 Å². The van der Waals surface area contributed by atoms with Gasteiger partial charge in [0, 0.05) is 42.0 Å². The molecule has 1 aliphatic heterocycles. The van der Waals surface area contributed by atoms with Crippen molar-refractivity contribution in [3.05, 3.63) is 46.1 Å². The molecule has 32 heavy (non-hydrogen) atoms. The van der Waals surface area contributed by atoms with Crippen LogP contribution in [0.5, 0.6) is 0 Å². The van der Waals surface area contributed by atoms with Crippen molar-refractivity contribution < 1.29 is 18.0 Å². The summed E-state index contributed by atoms with van der Waals surface area (Å²) in [5, 5.41) is 9.40. The summed E-state index contributed by atoms with van der Waals surface area (Å²) >= 11 is 1.54. The number of anilines is 2. The molecular weight excluding hydrogens is 443 g/mol. The average Bonchev–Trinajstić information content (AvgIpc) is 3.37. The fourth-order valence-electron chi connectivity index (χ4n) is 3.69. The maximum Gasteiger partial charge on any atom is 0.432 e. The van der Waals surface area contributed by atoms with Crippen molar-refractivity contribution >= 4 is 28.2 Å². The van der Waals surface area contributed by atoms with Gasteiger partial charge >= 0.3 is 6.18 Å². The Morgan fingerprint density at radius 1 is 1.25 bits per heavy atom. The number of thiazole rings is 1. The summed E-state index contributed by atoms with van der Waals surface area (Å²) in [7, 11) is 0. The molecule has 0 aliphatic carbocycles. The maximum atomic E-state index is 12.7. The number of aromatic nitrogens is 5. The minimum Gasteiger partial charge on any atom is -0.337 e. The average molecular weight is 466 g/mol. The van der Waals surface area contributed by atoms with Gasteiger partial charge in [-0.2, -0.15) is 18.3 Å². The Balaban J connectivity index is 1.35. The second kappa shape index (κ2) is 8.85. The van der Waals surface area contributed by atoms with E-state index in [-0.39, 0.29) is 5.69 Å². The summed E-state index contributed by atoms with van der Waals surface area (Å²) in [6, 6.07) is 2.67. The standard InChI is InChI=1S/C20H22F3N7OS/c1-11-10-24-19(32-11)27-17-8-14(25-12(2)26-17)7-13-3-5-30(6-4-13)18(31)15-9-16(29-28-15)20(21,22)23/h8-10,13H,3-7H2,1-2H3,(H,28,29)(H,24,25,26,27). The van der Waals surface area contributed by atoms with Crippen molar-refractivity contribution in [3.8, 4) is 0 Å². The van der Waals surface area contributed by atoms with Crippen LogP contribution in [0.3, 0.4) is 0 Å². The van der Waals surface area contributed by atoms with E-state index in [9.17, 15) is 18.0 Å². The van der Waals surface area contributed by atoms with Crippen molar-refractivity contribution in [1.29, 1.82) is 0 Å². The second-order valence-corrected chi connectivity index (χ2v) is 9.03. The molecule has 4 rings (SSSR count). The lowest BCUT2D eigenvalue weighted by Crippen LogP contribution is -2.39. The lowest BCUT2D eigenvalue weighted by atomic mass is 9.92. The number of hydrogen-bond donors (Lipinski definition) is 2. The van der Waals surface area contributed by atoms with Gasteiger partial charge in [-0.15, -0.1) is 11.3 Å². The van der Waals surface area contributed by atoms with Crippen LogP contribution in [0, 0.1) is 19.8 Å². The molecule has 0 radical (unpaired) electrons. The summed E-state index contributed by atoms with van der Waals surface area (Å²) in [5.41, 5.74) is -0.331. The molecule has 0 spiro atoms. The number of H-pyrrole nitrogens is 1. The van der Waals surface area contributed by atoms with Crippen LogP contribution in [-0.4, -0.2) is 49.0 Å². The third-order valence-corrected chi connectivity index (χ3v) is 6.08. The molecule has 2 N–H and O–H groups in total. The van der Waals surface area contributed by atoms with Crippen LogP contribution in [0.4, 0.5) is 24.1 Å². The van der Waals surface area contributed by atoms with Crippen LogP contribution < -0.4 is 5.32 Å². The van der Waals surface area contributed by atoms with E-state index in [0.717, 1.165) is 41.0 Å². The van der Waals surface area contributed by atoms with Gasteiger partial charge in [0.25, 0.3) is 5.91 Å². The van der Waals surface area contributed by atoms with Crippen molar-refractivity contribution in [2.75, 3.05) is 18.4 Å².